The van der Waals surface area contributed by atoms with E-state index in [0.29, 0.717) is 44.2 Å². The highest BCUT2D eigenvalue weighted by Gasteiger charge is 2.19. The molecule has 1 atom stereocenters. The zero-order valence-electron chi connectivity index (χ0n) is 18.3. The van der Waals surface area contributed by atoms with Gasteiger partial charge in [-0.25, -0.2) is 4.79 Å². The van der Waals surface area contributed by atoms with Crippen LogP contribution in [0, 0.1) is 0 Å². The number of hydrogen-bond donors (Lipinski definition) is 1. The molecular formula is C23H29NO7. The molecule has 2 aromatic rings. The van der Waals surface area contributed by atoms with Gasteiger partial charge in [0.05, 0.1) is 46.7 Å². The fourth-order valence-corrected chi connectivity index (χ4v) is 3.14. The summed E-state index contributed by atoms with van der Waals surface area (Å²) in [6.07, 6.45) is 0.809. The lowest BCUT2D eigenvalue weighted by atomic mass is 9.98. The Morgan fingerprint density at radius 2 is 1.61 bits per heavy atom. The molecule has 0 unspecified atom stereocenters. The van der Waals surface area contributed by atoms with Crippen molar-refractivity contribution in [2.45, 2.75) is 19.1 Å². The smallest absolute Gasteiger partial charge is 0.328 e. The van der Waals surface area contributed by atoms with Gasteiger partial charge >= 0.3 is 5.97 Å². The Labute approximate surface area is 182 Å². The molecule has 0 aliphatic carbocycles. The molecule has 0 spiro atoms. The summed E-state index contributed by atoms with van der Waals surface area (Å²) < 4.78 is 26.6. The molecular weight excluding hydrogens is 402 g/mol. The summed E-state index contributed by atoms with van der Waals surface area (Å²) in [5, 5.41) is 2.48. The van der Waals surface area contributed by atoms with E-state index in [2.05, 4.69) is 5.32 Å². The Hall–Kier alpha value is -3.10. The van der Waals surface area contributed by atoms with Crippen molar-refractivity contribution < 1.29 is 33.3 Å². The zero-order chi connectivity index (χ0) is 22.6. The van der Waals surface area contributed by atoms with Gasteiger partial charge in [-0.05, 0) is 28.8 Å². The highest BCUT2D eigenvalue weighted by Crippen LogP contribution is 2.40. The van der Waals surface area contributed by atoms with Gasteiger partial charge < -0.3 is 29.0 Å². The van der Waals surface area contributed by atoms with Gasteiger partial charge in [0.2, 0.25) is 6.41 Å². The largest absolute Gasteiger partial charge is 0.496 e. The van der Waals surface area contributed by atoms with Crippen LogP contribution in [-0.2, 0) is 36.8 Å². The highest BCUT2D eigenvalue weighted by molar-refractivity contribution is 5.79. The highest BCUT2D eigenvalue weighted by atomic mass is 16.5. The predicted molar refractivity (Wildman–Crippen MR) is 115 cm³/mol. The maximum Gasteiger partial charge on any atom is 0.328 e. The summed E-state index contributed by atoms with van der Waals surface area (Å²) in [4.78, 5) is 22.6. The summed E-state index contributed by atoms with van der Waals surface area (Å²) in [6, 6.07) is 10.7. The maximum absolute atomic E-state index is 11.8. The molecule has 0 saturated carbocycles. The maximum atomic E-state index is 11.8. The number of methoxy groups -OCH3 is 4. The average molecular weight is 431 g/mol. The Balaban J connectivity index is 2.26. The van der Waals surface area contributed by atoms with Crippen molar-refractivity contribution in [3.05, 3.63) is 47.5 Å². The van der Waals surface area contributed by atoms with Crippen molar-refractivity contribution >= 4 is 12.4 Å². The molecule has 2 aromatic carbocycles. The first-order valence-electron chi connectivity index (χ1n) is 9.76. The first-order valence-corrected chi connectivity index (χ1v) is 9.76. The third kappa shape index (κ3) is 6.70. The number of benzene rings is 2. The molecule has 0 heterocycles. The van der Waals surface area contributed by atoms with Crippen LogP contribution < -0.4 is 14.8 Å². The van der Waals surface area contributed by atoms with Crippen molar-refractivity contribution in [1.29, 1.82) is 0 Å². The van der Waals surface area contributed by atoms with Crippen LogP contribution in [0.25, 0.3) is 11.1 Å². The lowest BCUT2D eigenvalue weighted by molar-refractivity contribution is -0.144. The Morgan fingerprint density at radius 1 is 0.968 bits per heavy atom. The standard InChI is InChI=1S/C23H29NO7/c1-27-9-10-31-14-17-12-20(28-2)22(21(13-17)29-3)18-7-5-16(6-8-18)11-19(24-15-25)23(26)30-4/h5-8,12-13,15,19H,9-11,14H2,1-4H3,(H,24,25)/t19-/m0/s1. The monoisotopic (exact) mass is 431 g/mol. The van der Waals surface area contributed by atoms with Crippen LogP contribution in [0.15, 0.2) is 36.4 Å². The molecule has 0 aromatic heterocycles. The topological polar surface area (TPSA) is 92.3 Å². The number of carbonyl (C=O) groups is 2. The molecule has 0 aliphatic heterocycles. The van der Waals surface area contributed by atoms with Crippen molar-refractivity contribution in [3.8, 4) is 22.6 Å². The lowest BCUT2D eigenvalue weighted by Gasteiger charge is -2.17. The van der Waals surface area contributed by atoms with Crippen LogP contribution in [0.2, 0.25) is 0 Å². The van der Waals surface area contributed by atoms with Gasteiger partial charge in [-0.2, -0.15) is 0 Å². The lowest BCUT2D eigenvalue weighted by Crippen LogP contribution is -2.38. The van der Waals surface area contributed by atoms with Gasteiger partial charge in [0.15, 0.2) is 0 Å². The molecule has 8 nitrogen and oxygen atoms in total. The van der Waals surface area contributed by atoms with Crippen molar-refractivity contribution in [1.82, 2.24) is 5.32 Å². The van der Waals surface area contributed by atoms with E-state index in [9.17, 15) is 9.59 Å². The fourth-order valence-electron chi connectivity index (χ4n) is 3.14. The molecule has 0 radical (unpaired) electrons. The molecule has 8 heteroatoms. The average Bonchev–Trinajstić information content (AvgIpc) is 2.81. The first kappa shape index (κ1) is 24.2. The molecule has 0 saturated heterocycles. The van der Waals surface area contributed by atoms with Crippen LogP contribution in [0.5, 0.6) is 11.5 Å². The van der Waals surface area contributed by atoms with E-state index in [1.54, 1.807) is 21.3 Å². The van der Waals surface area contributed by atoms with Crippen molar-refractivity contribution in [3.63, 3.8) is 0 Å². The minimum atomic E-state index is -0.741. The minimum absolute atomic E-state index is 0.317. The van der Waals surface area contributed by atoms with Gasteiger partial charge in [0.25, 0.3) is 0 Å². The summed E-state index contributed by atoms with van der Waals surface area (Å²) in [7, 11) is 6.13. The van der Waals surface area contributed by atoms with E-state index in [-0.39, 0.29) is 0 Å². The third-order valence-corrected chi connectivity index (χ3v) is 4.70. The molecule has 0 bridgehead atoms. The van der Waals surface area contributed by atoms with E-state index < -0.39 is 12.0 Å². The molecule has 1 amide bonds. The number of carbonyl (C=O) groups excluding carboxylic acids is 2. The molecule has 0 fully saturated rings. The number of amides is 1. The van der Waals surface area contributed by atoms with E-state index in [1.807, 2.05) is 36.4 Å². The van der Waals surface area contributed by atoms with Crippen LogP contribution in [-0.4, -0.2) is 60.1 Å². The molecule has 31 heavy (non-hydrogen) atoms. The second kappa shape index (κ2) is 12.6. The summed E-state index contributed by atoms with van der Waals surface area (Å²) in [5.41, 5.74) is 3.50. The van der Waals surface area contributed by atoms with Gasteiger partial charge in [0.1, 0.15) is 17.5 Å². The van der Waals surface area contributed by atoms with Gasteiger partial charge in [-0.1, -0.05) is 24.3 Å². The second-order valence-electron chi connectivity index (χ2n) is 6.68. The van der Waals surface area contributed by atoms with Crippen molar-refractivity contribution in [2.24, 2.45) is 0 Å². The van der Waals surface area contributed by atoms with Crippen LogP contribution in [0.1, 0.15) is 11.1 Å². The quantitative estimate of drug-likeness (QED) is 0.296. The predicted octanol–water partition coefficient (Wildman–Crippen LogP) is 2.36. The Morgan fingerprint density at radius 3 is 2.13 bits per heavy atom. The summed E-state index contributed by atoms with van der Waals surface area (Å²) >= 11 is 0. The van der Waals surface area contributed by atoms with Crippen molar-refractivity contribution in [2.75, 3.05) is 41.7 Å². The van der Waals surface area contributed by atoms with E-state index in [1.165, 1.54) is 7.11 Å². The number of nitrogens with one attached hydrogen (secondary N) is 1. The summed E-state index contributed by atoms with van der Waals surface area (Å²) in [6.45, 7) is 1.43. The number of ether oxygens (including phenoxy) is 5. The molecule has 1 N–H and O–H groups in total. The fraction of sp³-hybridized carbons (Fsp3) is 0.391. The normalized spacial score (nSPS) is 11.5. The number of esters is 1. The first-order chi connectivity index (χ1) is 15.1. The van der Waals surface area contributed by atoms with Crippen LogP contribution in [0.4, 0.5) is 0 Å². The minimum Gasteiger partial charge on any atom is -0.496 e. The van der Waals surface area contributed by atoms with Gasteiger partial charge in [-0.15, -0.1) is 0 Å². The number of rotatable bonds is 13. The molecule has 168 valence electrons. The number of hydrogen-bond acceptors (Lipinski definition) is 7. The van der Waals surface area contributed by atoms with E-state index in [4.69, 9.17) is 23.7 Å². The Bertz CT molecular complexity index is 826. The SMILES string of the molecule is COCCOCc1cc(OC)c(-c2ccc(C[C@H](NC=O)C(=O)OC)cc2)c(OC)c1. The van der Waals surface area contributed by atoms with Crippen LogP contribution in [0.3, 0.4) is 0 Å². The Kier molecular flexibility index (Phi) is 9.80. The second-order valence-corrected chi connectivity index (χ2v) is 6.68. The van der Waals surface area contributed by atoms with E-state index >= 15 is 0 Å². The summed E-state index contributed by atoms with van der Waals surface area (Å²) in [5.74, 6) is 0.822. The van der Waals surface area contributed by atoms with Gasteiger partial charge in [0, 0.05) is 13.5 Å². The molecule has 0 aliphatic rings. The molecule has 2 rings (SSSR count). The van der Waals surface area contributed by atoms with E-state index in [0.717, 1.165) is 22.3 Å². The zero-order valence-corrected chi connectivity index (χ0v) is 18.3. The van der Waals surface area contributed by atoms with Crippen LogP contribution >= 0.6 is 0 Å². The van der Waals surface area contributed by atoms with Gasteiger partial charge in [-0.3, -0.25) is 4.79 Å². The third-order valence-electron chi connectivity index (χ3n) is 4.70.